The molecule has 2 aliphatic carbocycles. The number of aromatic nitrogens is 12. The summed E-state index contributed by atoms with van der Waals surface area (Å²) in [5.41, 5.74) is 24.8. The van der Waals surface area contributed by atoms with Crippen LogP contribution in [0.4, 0.5) is 59.6 Å². The quantitative estimate of drug-likeness (QED) is 0.0445. The molecule has 3 amide bonds. The largest absolute Gasteiger partial charge is 0.365 e. The number of carbonyl (C=O) groups is 3. The van der Waals surface area contributed by atoms with Crippen LogP contribution < -0.4 is 54.8 Å². The topological polar surface area (TPSA) is 358 Å². The Bertz CT molecular complexity index is 3720. The second-order valence-corrected chi connectivity index (χ2v) is 19.5. The van der Waals surface area contributed by atoms with Gasteiger partial charge >= 0.3 is 0 Å². The number of benzene rings is 3. The highest BCUT2D eigenvalue weighted by Gasteiger charge is 2.26. The predicted octanol–water partition coefficient (Wildman–Crippen LogP) is 6.86. The lowest BCUT2D eigenvalue weighted by Crippen LogP contribution is -2.44. The van der Waals surface area contributed by atoms with E-state index in [0.29, 0.717) is 40.8 Å². The van der Waals surface area contributed by atoms with Gasteiger partial charge in [-0.25, -0.2) is 47.2 Å². The van der Waals surface area contributed by atoms with Crippen molar-refractivity contribution in [3.8, 4) is 17.1 Å². The number of nitrogens with one attached hydrogen (secondary N) is 6. The second kappa shape index (κ2) is 26.9. The molecule has 0 unspecified atom stereocenters. The number of likely N-dealkylation sites (N-methyl/N-ethyl adjacent to an activating group) is 1. The van der Waals surface area contributed by atoms with E-state index in [-0.39, 0.29) is 69.3 Å². The van der Waals surface area contributed by atoms with Crippen molar-refractivity contribution in [3.05, 3.63) is 169 Å². The van der Waals surface area contributed by atoms with Gasteiger partial charge in [-0.2, -0.15) is 25.3 Å². The summed E-state index contributed by atoms with van der Waals surface area (Å²) in [5, 5.41) is 30.6. The molecule has 2 saturated carbocycles. The van der Waals surface area contributed by atoms with Crippen molar-refractivity contribution >= 4 is 64.1 Å². The van der Waals surface area contributed by atoms with E-state index in [9.17, 15) is 27.6 Å². The van der Waals surface area contributed by atoms with E-state index in [0.717, 1.165) is 44.9 Å². The molecule has 6 heterocycles. The van der Waals surface area contributed by atoms with Crippen LogP contribution in [0.2, 0.25) is 0 Å². The van der Waals surface area contributed by atoms with Crippen LogP contribution >= 0.6 is 0 Å². The van der Waals surface area contributed by atoms with E-state index in [1.54, 1.807) is 102 Å². The fraction of sp³-hybridized carbons (Fsp3) is 0.250. The average Bonchev–Trinajstić information content (AvgIpc) is 4.45. The molecule has 434 valence electrons. The predicted molar refractivity (Wildman–Crippen MR) is 309 cm³/mol. The lowest BCUT2D eigenvalue weighted by molar-refractivity contribution is 0.0992. The van der Waals surface area contributed by atoms with Crippen LogP contribution in [0.3, 0.4) is 0 Å². The second-order valence-electron chi connectivity index (χ2n) is 19.5. The number of nitrogens with two attached hydrogens (primary N) is 4. The first kappa shape index (κ1) is 58.3. The third-order valence-electron chi connectivity index (χ3n) is 13.8. The minimum Gasteiger partial charge on any atom is -0.365 e. The lowest BCUT2D eigenvalue weighted by atomic mass is 9.90. The summed E-state index contributed by atoms with van der Waals surface area (Å²) >= 11 is 0. The molecule has 2 fully saturated rings. The van der Waals surface area contributed by atoms with E-state index < -0.39 is 35.2 Å². The maximum absolute atomic E-state index is 14.7. The average molecular weight is 1150 g/mol. The first-order valence-corrected chi connectivity index (χ1v) is 26.7. The van der Waals surface area contributed by atoms with Crippen LogP contribution in [-0.4, -0.2) is 108 Å². The van der Waals surface area contributed by atoms with Crippen LogP contribution in [0.5, 0.6) is 0 Å². The van der Waals surface area contributed by atoms with E-state index in [4.69, 9.17) is 22.9 Å². The Balaban J connectivity index is 0.000000153. The molecule has 28 heteroatoms. The molecule has 0 aliphatic heterocycles. The van der Waals surface area contributed by atoms with Gasteiger partial charge in [-0.05, 0) is 94.3 Å². The van der Waals surface area contributed by atoms with Crippen molar-refractivity contribution in [2.45, 2.75) is 82.5 Å². The van der Waals surface area contributed by atoms with Crippen LogP contribution in [0.1, 0.15) is 88.3 Å². The Hall–Kier alpha value is -10.4. The molecule has 4 atom stereocenters. The van der Waals surface area contributed by atoms with Crippen molar-refractivity contribution in [2.24, 2.45) is 22.9 Å². The number of primary amides is 3. The van der Waals surface area contributed by atoms with Gasteiger partial charge in [0.15, 0.2) is 0 Å². The summed E-state index contributed by atoms with van der Waals surface area (Å²) in [5.74, 6) is -2.14. The highest BCUT2D eigenvalue weighted by atomic mass is 19.1. The fourth-order valence-electron chi connectivity index (χ4n) is 9.41. The summed E-state index contributed by atoms with van der Waals surface area (Å²) in [4.78, 5) is 60.3. The van der Waals surface area contributed by atoms with E-state index in [2.05, 4.69) is 77.1 Å². The highest BCUT2D eigenvalue weighted by molar-refractivity contribution is 5.99. The standard InChI is InChI=1S/C21H25FN8O.C20H23FN8O.C15H13FN6O/c1-24-17-5-2-3-6-18(17)28-21-25-12-14(19(23)31)20(29-21)27-16-8-7-13(11-15(16)22)30-10-4-9-26-30;21-14-10-12(29-9-3-8-25-29)6-7-16(14)26-19-13(18(23)30)11-24-20(28-19)27-17-5-2-1-4-15(17)22;1-9-18-8-11(14(17)23)15(20-9)21-13-4-3-10(7-12(13)16)22-6-2-5-19-22/h4,7-12,17-18,24H,2-3,5-6H2,1H3,(H2,23,31)(H2,25,27,28,29);3,6-11,15,17H,1-2,4-5,22H2,(H2,23,30)(H2,24,26,27,28);2-8H,1H3,(H2,17,23)(H,18,20,21)/t17-,18+;15-,17+;/m00./s1. The normalized spacial score (nSPS) is 16.4. The Morgan fingerprint density at radius 2 is 0.881 bits per heavy atom. The van der Waals surface area contributed by atoms with Crippen LogP contribution in [0.15, 0.2) is 129 Å². The van der Waals surface area contributed by atoms with E-state index >= 15 is 0 Å². The summed E-state index contributed by atoms with van der Waals surface area (Å²) in [6.07, 6.45) is 22.3. The van der Waals surface area contributed by atoms with Crippen molar-refractivity contribution < 1.29 is 27.6 Å². The number of amides is 3. The summed E-state index contributed by atoms with van der Waals surface area (Å²) in [6, 6.07) is 19.5. The number of hydrogen-bond donors (Lipinski definition) is 10. The fourth-order valence-corrected chi connectivity index (χ4v) is 9.41. The number of carbonyl (C=O) groups excluding carboxylic acids is 3. The zero-order valence-corrected chi connectivity index (χ0v) is 45.6. The van der Waals surface area contributed by atoms with Crippen molar-refractivity contribution in [1.82, 2.24) is 64.6 Å². The maximum atomic E-state index is 14.7. The van der Waals surface area contributed by atoms with Crippen LogP contribution in [-0.2, 0) is 0 Å². The molecule has 25 nitrogen and oxygen atoms in total. The minimum atomic E-state index is -0.716. The summed E-state index contributed by atoms with van der Waals surface area (Å²) in [6.45, 7) is 1.66. The van der Waals surface area contributed by atoms with Crippen LogP contribution in [0, 0.1) is 24.4 Å². The highest BCUT2D eigenvalue weighted by Crippen LogP contribution is 2.29. The molecule has 14 N–H and O–H groups in total. The Morgan fingerprint density at radius 1 is 0.512 bits per heavy atom. The summed E-state index contributed by atoms with van der Waals surface area (Å²) < 4.78 is 48.4. The van der Waals surface area contributed by atoms with Crippen molar-refractivity contribution in [2.75, 3.05) is 33.6 Å². The molecule has 11 rings (SSSR count). The monoisotopic (exact) mass is 1150 g/mol. The van der Waals surface area contributed by atoms with Crippen LogP contribution in [0.25, 0.3) is 17.1 Å². The van der Waals surface area contributed by atoms with Gasteiger partial charge in [0.1, 0.15) is 57.4 Å². The lowest BCUT2D eigenvalue weighted by Gasteiger charge is -2.32. The number of hydrogen-bond acceptors (Lipinski definition) is 19. The van der Waals surface area contributed by atoms with Gasteiger partial charge in [-0.15, -0.1) is 0 Å². The molecule has 6 aromatic heterocycles. The Labute approximate surface area is 479 Å². The molecule has 0 bridgehead atoms. The van der Waals surface area contributed by atoms with Gasteiger partial charge in [0, 0.05) is 98.1 Å². The SMILES string of the molecule is CN[C@H]1CCCC[C@H]1Nc1ncc(C(N)=O)c(Nc2ccc(-n3cccn3)cc2F)n1.Cc1ncc(C(N)=O)c(Nc2ccc(-n3cccn3)cc2F)n1.NC(=O)c1cnc(N[C@@H]2CCCC[C@@H]2N)nc1Nc1ccc(-n2cccn2)cc1F. The van der Waals surface area contributed by atoms with Crippen molar-refractivity contribution in [3.63, 3.8) is 0 Å². The number of aryl methyl sites for hydroxylation is 1. The smallest absolute Gasteiger partial charge is 0.254 e. The zero-order chi connectivity index (χ0) is 59.3. The molecule has 84 heavy (non-hydrogen) atoms. The molecular weight excluding hydrogens is 1090 g/mol. The summed E-state index contributed by atoms with van der Waals surface area (Å²) in [7, 11) is 1.93. The van der Waals surface area contributed by atoms with Gasteiger partial charge < -0.3 is 54.8 Å². The van der Waals surface area contributed by atoms with Gasteiger partial charge in [0.25, 0.3) is 17.7 Å². The van der Waals surface area contributed by atoms with E-state index in [1.807, 2.05) is 7.05 Å². The van der Waals surface area contributed by atoms with Gasteiger partial charge in [0.05, 0.1) is 34.1 Å². The zero-order valence-electron chi connectivity index (χ0n) is 45.6. The maximum Gasteiger partial charge on any atom is 0.254 e. The third kappa shape index (κ3) is 14.6. The van der Waals surface area contributed by atoms with Gasteiger partial charge in [0.2, 0.25) is 11.9 Å². The first-order valence-electron chi connectivity index (χ1n) is 26.7. The number of anilines is 8. The van der Waals surface area contributed by atoms with Gasteiger partial charge in [-0.3, -0.25) is 14.4 Å². The molecular formula is C56H61F3N22O3. The number of rotatable bonds is 17. The first-order chi connectivity index (χ1) is 40.6. The Morgan fingerprint density at radius 3 is 1.25 bits per heavy atom. The molecule has 0 spiro atoms. The molecule has 0 saturated heterocycles. The van der Waals surface area contributed by atoms with E-state index in [1.165, 1.54) is 54.0 Å². The number of halogens is 3. The Kier molecular flexibility index (Phi) is 18.7. The molecule has 2 aliphatic rings. The minimum absolute atomic E-state index is 0.00172. The molecule has 9 aromatic rings. The number of nitrogens with zero attached hydrogens (tertiary/aromatic N) is 12. The van der Waals surface area contributed by atoms with Crippen molar-refractivity contribution in [1.29, 1.82) is 0 Å². The third-order valence-corrected chi connectivity index (χ3v) is 13.8. The molecule has 3 aromatic carbocycles. The molecule has 0 radical (unpaired) electrons. The van der Waals surface area contributed by atoms with Gasteiger partial charge in [-0.1, -0.05) is 25.7 Å².